The molecule has 0 aliphatic heterocycles. The standard InChI is InChI=1S/C15H12ClN3O5/c1-17(9-10-3-2-4-11(7-10)18(21)22)15(20)13-6-5-12(19(23)24)8-14(13)16/h2-8H,9H2,1H3. The highest BCUT2D eigenvalue weighted by molar-refractivity contribution is 6.34. The molecule has 0 spiro atoms. The molecule has 0 fully saturated rings. The van der Waals surface area contributed by atoms with Crippen molar-refractivity contribution < 1.29 is 14.6 Å². The summed E-state index contributed by atoms with van der Waals surface area (Å²) >= 11 is 5.94. The molecular formula is C15H12ClN3O5. The summed E-state index contributed by atoms with van der Waals surface area (Å²) in [6.07, 6.45) is 0. The van der Waals surface area contributed by atoms with Crippen molar-refractivity contribution >= 4 is 28.9 Å². The Bertz CT molecular complexity index is 825. The van der Waals surface area contributed by atoms with Gasteiger partial charge in [0.25, 0.3) is 17.3 Å². The molecule has 2 aromatic carbocycles. The van der Waals surface area contributed by atoms with Gasteiger partial charge in [0.2, 0.25) is 0 Å². The number of nitro benzene ring substituents is 2. The van der Waals surface area contributed by atoms with E-state index in [0.29, 0.717) is 5.56 Å². The molecule has 0 atom stereocenters. The lowest BCUT2D eigenvalue weighted by Crippen LogP contribution is -2.26. The number of halogens is 1. The quantitative estimate of drug-likeness (QED) is 0.607. The number of non-ortho nitro benzene ring substituents is 2. The molecule has 0 heterocycles. The van der Waals surface area contributed by atoms with Crippen molar-refractivity contribution in [2.45, 2.75) is 6.54 Å². The maximum atomic E-state index is 12.4. The Morgan fingerprint density at radius 1 is 1.08 bits per heavy atom. The van der Waals surface area contributed by atoms with E-state index in [0.717, 1.165) is 6.07 Å². The van der Waals surface area contributed by atoms with Crippen molar-refractivity contribution in [1.82, 2.24) is 4.90 Å². The fraction of sp³-hybridized carbons (Fsp3) is 0.133. The summed E-state index contributed by atoms with van der Waals surface area (Å²) in [5.41, 5.74) is 0.424. The van der Waals surface area contributed by atoms with Gasteiger partial charge >= 0.3 is 0 Å². The molecule has 24 heavy (non-hydrogen) atoms. The zero-order valence-corrected chi connectivity index (χ0v) is 13.3. The smallest absolute Gasteiger partial charge is 0.270 e. The summed E-state index contributed by atoms with van der Waals surface area (Å²) in [6.45, 7) is 0.133. The summed E-state index contributed by atoms with van der Waals surface area (Å²) in [6, 6.07) is 9.52. The van der Waals surface area contributed by atoms with Gasteiger partial charge < -0.3 is 4.90 Å². The third-order valence-electron chi connectivity index (χ3n) is 3.28. The van der Waals surface area contributed by atoms with Crippen LogP contribution in [0, 0.1) is 20.2 Å². The molecule has 0 aliphatic rings. The lowest BCUT2D eigenvalue weighted by molar-refractivity contribution is -0.385. The molecule has 0 radical (unpaired) electrons. The molecule has 0 saturated carbocycles. The van der Waals surface area contributed by atoms with E-state index in [-0.39, 0.29) is 28.5 Å². The van der Waals surface area contributed by atoms with Gasteiger partial charge in [0, 0.05) is 37.9 Å². The van der Waals surface area contributed by atoms with Crippen molar-refractivity contribution in [3.8, 4) is 0 Å². The normalized spacial score (nSPS) is 10.2. The maximum absolute atomic E-state index is 12.4. The van der Waals surface area contributed by atoms with E-state index in [1.807, 2.05) is 0 Å². The maximum Gasteiger partial charge on any atom is 0.270 e. The van der Waals surface area contributed by atoms with Crippen LogP contribution in [0.3, 0.4) is 0 Å². The molecule has 0 N–H and O–H groups in total. The monoisotopic (exact) mass is 349 g/mol. The Labute approximate surface area is 141 Å². The van der Waals surface area contributed by atoms with Gasteiger partial charge in [0.05, 0.1) is 20.4 Å². The highest BCUT2D eigenvalue weighted by atomic mass is 35.5. The Morgan fingerprint density at radius 3 is 2.29 bits per heavy atom. The number of hydrogen-bond donors (Lipinski definition) is 0. The van der Waals surface area contributed by atoms with Crippen LogP contribution in [0.2, 0.25) is 5.02 Å². The number of carbonyl (C=O) groups is 1. The van der Waals surface area contributed by atoms with Gasteiger partial charge in [-0.15, -0.1) is 0 Å². The Balaban J connectivity index is 2.19. The number of nitro groups is 2. The van der Waals surface area contributed by atoms with Crippen molar-refractivity contribution in [2.75, 3.05) is 7.05 Å². The van der Waals surface area contributed by atoms with Crippen LogP contribution in [0.4, 0.5) is 11.4 Å². The molecular weight excluding hydrogens is 338 g/mol. The van der Waals surface area contributed by atoms with E-state index < -0.39 is 15.8 Å². The van der Waals surface area contributed by atoms with Crippen LogP contribution in [-0.4, -0.2) is 27.7 Å². The van der Waals surface area contributed by atoms with Gasteiger partial charge in [-0.1, -0.05) is 23.7 Å². The van der Waals surface area contributed by atoms with Crippen LogP contribution >= 0.6 is 11.6 Å². The minimum Gasteiger partial charge on any atom is -0.337 e. The van der Waals surface area contributed by atoms with Gasteiger partial charge in [-0.3, -0.25) is 25.0 Å². The fourth-order valence-corrected chi connectivity index (χ4v) is 2.37. The first-order chi connectivity index (χ1) is 11.3. The lowest BCUT2D eigenvalue weighted by Gasteiger charge is -2.18. The van der Waals surface area contributed by atoms with Crippen LogP contribution in [0.1, 0.15) is 15.9 Å². The second kappa shape index (κ2) is 7.05. The summed E-state index contributed by atoms with van der Waals surface area (Å²) in [7, 11) is 1.51. The molecule has 9 heteroatoms. The summed E-state index contributed by atoms with van der Waals surface area (Å²) in [5.74, 6) is -0.443. The zero-order chi connectivity index (χ0) is 17.9. The van der Waals surface area contributed by atoms with Crippen LogP contribution in [0.25, 0.3) is 0 Å². The number of hydrogen-bond acceptors (Lipinski definition) is 5. The minimum absolute atomic E-state index is 0.0277. The Kier molecular flexibility index (Phi) is 5.10. The molecule has 2 aromatic rings. The average molecular weight is 350 g/mol. The van der Waals surface area contributed by atoms with Crippen molar-refractivity contribution in [3.05, 3.63) is 78.8 Å². The topological polar surface area (TPSA) is 107 Å². The molecule has 124 valence electrons. The highest BCUT2D eigenvalue weighted by Crippen LogP contribution is 2.24. The van der Waals surface area contributed by atoms with Crippen molar-refractivity contribution in [2.24, 2.45) is 0 Å². The third-order valence-corrected chi connectivity index (χ3v) is 3.59. The van der Waals surface area contributed by atoms with E-state index >= 15 is 0 Å². The van der Waals surface area contributed by atoms with Gasteiger partial charge in [-0.25, -0.2) is 0 Å². The van der Waals surface area contributed by atoms with E-state index in [1.165, 1.54) is 42.3 Å². The second-order valence-electron chi connectivity index (χ2n) is 5.01. The number of carbonyl (C=O) groups excluding carboxylic acids is 1. The van der Waals surface area contributed by atoms with Gasteiger partial charge in [0.15, 0.2) is 0 Å². The van der Waals surface area contributed by atoms with E-state index in [1.54, 1.807) is 6.07 Å². The predicted molar refractivity (Wildman–Crippen MR) is 87.0 cm³/mol. The molecule has 8 nitrogen and oxygen atoms in total. The molecule has 0 aliphatic carbocycles. The number of nitrogens with zero attached hydrogens (tertiary/aromatic N) is 3. The van der Waals surface area contributed by atoms with Crippen molar-refractivity contribution in [1.29, 1.82) is 0 Å². The SMILES string of the molecule is CN(Cc1cccc([N+](=O)[O-])c1)C(=O)c1ccc([N+](=O)[O-])cc1Cl. The van der Waals surface area contributed by atoms with E-state index in [2.05, 4.69) is 0 Å². The second-order valence-corrected chi connectivity index (χ2v) is 5.42. The summed E-state index contributed by atoms with van der Waals surface area (Å²) < 4.78 is 0. The third kappa shape index (κ3) is 3.85. The van der Waals surface area contributed by atoms with Crippen LogP contribution in [0.15, 0.2) is 42.5 Å². The largest absolute Gasteiger partial charge is 0.337 e. The summed E-state index contributed by atoms with van der Waals surface area (Å²) in [5, 5.41) is 21.4. The molecule has 1 amide bonds. The number of amides is 1. The van der Waals surface area contributed by atoms with Crippen molar-refractivity contribution in [3.63, 3.8) is 0 Å². The fourth-order valence-electron chi connectivity index (χ4n) is 2.11. The Hall–Kier alpha value is -3.00. The average Bonchev–Trinajstić information content (AvgIpc) is 2.54. The molecule has 0 unspecified atom stereocenters. The number of rotatable bonds is 5. The minimum atomic E-state index is -0.604. The molecule has 2 rings (SSSR count). The van der Waals surface area contributed by atoms with Crippen LogP contribution in [-0.2, 0) is 6.54 Å². The van der Waals surface area contributed by atoms with E-state index in [9.17, 15) is 25.0 Å². The molecule has 0 saturated heterocycles. The highest BCUT2D eigenvalue weighted by Gasteiger charge is 2.19. The molecule has 0 aromatic heterocycles. The van der Waals surface area contributed by atoms with Gasteiger partial charge in [0.1, 0.15) is 0 Å². The first-order valence-corrected chi connectivity index (χ1v) is 7.10. The summed E-state index contributed by atoms with van der Waals surface area (Å²) in [4.78, 5) is 34.1. The first kappa shape index (κ1) is 17.4. The zero-order valence-electron chi connectivity index (χ0n) is 12.5. The molecule has 0 bridgehead atoms. The van der Waals surface area contributed by atoms with Crippen LogP contribution in [0.5, 0.6) is 0 Å². The lowest BCUT2D eigenvalue weighted by atomic mass is 10.1. The predicted octanol–water partition coefficient (Wildman–Crippen LogP) is 3.43. The van der Waals surface area contributed by atoms with Crippen LogP contribution < -0.4 is 0 Å². The number of benzene rings is 2. The van der Waals surface area contributed by atoms with E-state index in [4.69, 9.17) is 11.6 Å². The van der Waals surface area contributed by atoms with Gasteiger partial charge in [-0.2, -0.15) is 0 Å². The first-order valence-electron chi connectivity index (χ1n) is 6.72. The van der Waals surface area contributed by atoms with Gasteiger partial charge in [-0.05, 0) is 11.6 Å². The Morgan fingerprint density at radius 2 is 1.71 bits per heavy atom.